The molecular weight excluding hydrogens is 359 g/mol. The largest absolute Gasteiger partial charge is 0.484 e. The lowest BCUT2D eigenvalue weighted by molar-refractivity contribution is -0.142. The number of hydrogen-bond acceptors (Lipinski definition) is 3. The van der Waals surface area contributed by atoms with Crippen molar-refractivity contribution in [1.29, 1.82) is 0 Å². The van der Waals surface area contributed by atoms with Crippen molar-refractivity contribution in [3.05, 3.63) is 66.0 Å². The number of nitrogens with zero attached hydrogens (tertiary/aromatic N) is 1. The molecule has 2 amide bonds. The third-order valence-electron chi connectivity index (χ3n) is 4.54. The van der Waals surface area contributed by atoms with Crippen molar-refractivity contribution in [1.82, 2.24) is 10.2 Å². The van der Waals surface area contributed by atoms with E-state index in [9.17, 15) is 14.0 Å². The lowest BCUT2D eigenvalue weighted by Gasteiger charge is -2.29. The maximum Gasteiger partial charge on any atom is 0.261 e. The summed E-state index contributed by atoms with van der Waals surface area (Å²) in [5, 5.41) is 2.90. The van der Waals surface area contributed by atoms with Crippen molar-refractivity contribution in [3.8, 4) is 5.75 Å². The number of carbonyl (C=O) groups is 2. The Balaban J connectivity index is 2.12. The van der Waals surface area contributed by atoms with E-state index in [4.69, 9.17) is 4.74 Å². The number of rotatable bonds is 9. The minimum absolute atomic E-state index is 0.0123. The lowest BCUT2D eigenvalue weighted by Crippen LogP contribution is -2.50. The first kappa shape index (κ1) is 21.4. The lowest BCUT2D eigenvalue weighted by atomic mass is 10.1. The molecule has 0 spiro atoms. The number of halogens is 1. The molecule has 0 aliphatic rings. The third-order valence-corrected chi connectivity index (χ3v) is 4.54. The van der Waals surface area contributed by atoms with E-state index in [1.165, 1.54) is 17.0 Å². The third kappa shape index (κ3) is 6.37. The summed E-state index contributed by atoms with van der Waals surface area (Å²) in [6.07, 6.45) is 0.793. The normalized spacial score (nSPS) is 12.7. The van der Waals surface area contributed by atoms with E-state index in [1.54, 1.807) is 31.2 Å². The Morgan fingerprint density at radius 2 is 1.71 bits per heavy atom. The number of nitrogens with one attached hydrogen (secondary N) is 1. The van der Waals surface area contributed by atoms with E-state index in [0.29, 0.717) is 5.75 Å². The van der Waals surface area contributed by atoms with Crippen LogP contribution in [0.3, 0.4) is 0 Å². The predicted molar refractivity (Wildman–Crippen MR) is 106 cm³/mol. The van der Waals surface area contributed by atoms with Crippen LogP contribution in [0, 0.1) is 5.82 Å². The Labute approximate surface area is 165 Å². The molecule has 0 fully saturated rings. The summed E-state index contributed by atoms with van der Waals surface area (Å²) in [4.78, 5) is 26.9. The highest BCUT2D eigenvalue weighted by atomic mass is 19.1. The van der Waals surface area contributed by atoms with Crippen LogP contribution in [0.1, 0.15) is 32.8 Å². The van der Waals surface area contributed by atoms with Gasteiger partial charge in [0, 0.05) is 12.6 Å². The van der Waals surface area contributed by atoms with Crippen LogP contribution in [-0.2, 0) is 16.1 Å². The van der Waals surface area contributed by atoms with Crippen LogP contribution in [0.15, 0.2) is 54.6 Å². The van der Waals surface area contributed by atoms with Gasteiger partial charge in [0.05, 0.1) is 0 Å². The zero-order chi connectivity index (χ0) is 20.5. The van der Waals surface area contributed by atoms with Crippen molar-refractivity contribution in [2.75, 3.05) is 6.61 Å². The van der Waals surface area contributed by atoms with Crippen molar-refractivity contribution in [3.63, 3.8) is 0 Å². The molecule has 0 saturated carbocycles. The molecule has 2 unspecified atom stereocenters. The second-order valence-electron chi connectivity index (χ2n) is 6.74. The van der Waals surface area contributed by atoms with Crippen molar-refractivity contribution in [2.24, 2.45) is 0 Å². The number of para-hydroxylation sites is 1. The molecule has 0 heterocycles. The van der Waals surface area contributed by atoms with Crippen LogP contribution < -0.4 is 10.1 Å². The van der Waals surface area contributed by atoms with Gasteiger partial charge in [-0.2, -0.15) is 0 Å². The van der Waals surface area contributed by atoms with E-state index in [-0.39, 0.29) is 36.8 Å². The number of hydrogen-bond donors (Lipinski definition) is 1. The van der Waals surface area contributed by atoms with Gasteiger partial charge in [0.1, 0.15) is 17.6 Å². The van der Waals surface area contributed by atoms with Crippen LogP contribution in [0.5, 0.6) is 5.75 Å². The molecule has 28 heavy (non-hydrogen) atoms. The molecule has 2 rings (SSSR count). The molecule has 0 aliphatic carbocycles. The van der Waals surface area contributed by atoms with Gasteiger partial charge in [-0.15, -0.1) is 0 Å². The van der Waals surface area contributed by atoms with Gasteiger partial charge >= 0.3 is 0 Å². The van der Waals surface area contributed by atoms with Crippen LogP contribution in [0.4, 0.5) is 4.39 Å². The summed E-state index contributed by atoms with van der Waals surface area (Å²) in [5.74, 6) is -0.324. The van der Waals surface area contributed by atoms with Gasteiger partial charge in [-0.05, 0) is 50.1 Å². The highest BCUT2D eigenvalue weighted by molar-refractivity contribution is 5.88. The minimum Gasteiger partial charge on any atom is -0.484 e. The van der Waals surface area contributed by atoms with Crippen molar-refractivity contribution < 1.29 is 18.7 Å². The van der Waals surface area contributed by atoms with E-state index in [2.05, 4.69) is 5.32 Å². The smallest absolute Gasteiger partial charge is 0.261 e. The van der Waals surface area contributed by atoms with Crippen LogP contribution in [-0.4, -0.2) is 35.4 Å². The Kier molecular flexibility index (Phi) is 7.99. The molecule has 0 aromatic heterocycles. The molecular formula is C22H27FN2O3. The monoisotopic (exact) mass is 386 g/mol. The minimum atomic E-state index is -0.689. The van der Waals surface area contributed by atoms with E-state index >= 15 is 0 Å². The maximum atomic E-state index is 13.2. The number of carbonyl (C=O) groups excluding carboxylic acids is 2. The average molecular weight is 386 g/mol. The molecule has 5 nitrogen and oxygen atoms in total. The van der Waals surface area contributed by atoms with E-state index < -0.39 is 6.04 Å². The quantitative estimate of drug-likeness (QED) is 0.717. The molecule has 2 aromatic carbocycles. The van der Waals surface area contributed by atoms with Crippen LogP contribution in [0.2, 0.25) is 0 Å². The molecule has 0 bridgehead atoms. The van der Waals surface area contributed by atoms with Gasteiger partial charge in [0.2, 0.25) is 5.91 Å². The first-order valence-corrected chi connectivity index (χ1v) is 9.42. The summed E-state index contributed by atoms with van der Waals surface area (Å²) in [5.41, 5.74) is 0.734. The fourth-order valence-electron chi connectivity index (χ4n) is 2.58. The summed E-state index contributed by atoms with van der Waals surface area (Å²) >= 11 is 0. The van der Waals surface area contributed by atoms with Gasteiger partial charge < -0.3 is 15.0 Å². The van der Waals surface area contributed by atoms with Gasteiger partial charge in [-0.25, -0.2) is 4.39 Å². The van der Waals surface area contributed by atoms with Crippen LogP contribution in [0.25, 0.3) is 0 Å². The summed E-state index contributed by atoms with van der Waals surface area (Å²) in [7, 11) is 0. The fraction of sp³-hybridized carbons (Fsp3) is 0.364. The predicted octanol–water partition coefficient (Wildman–Crippen LogP) is 3.54. The summed E-state index contributed by atoms with van der Waals surface area (Å²) in [6, 6.07) is 14.2. The highest BCUT2D eigenvalue weighted by Crippen LogP contribution is 2.13. The molecule has 1 N–H and O–H groups in total. The van der Waals surface area contributed by atoms with Gasteiger partial charge in [0.25, 0.3) is 5.91 Å². The molecule has 2 atom stereocenters. The SMILES string of the molecule is CCC(C)NC(=O)C(C)N(Cc1ccc(F)cc1)C(=O)COc1ccccc1. The zero-order valence-corrected chi connectivity index (χ0v) is 16.5. The van der Waals surface area contributed by atoms with Crippen molar-refractivity contribution in [2.45, 2.75) is 45.8 Å². The molecule has 0 saturated heterocycles. The number of ether oxygens (including phenoxy) is 1. The summed E-state index contributed by atoms with van der Waals surface area (Å²) < 4.78 is 18.8. The topological polar surface area (TPSA) is 58.6 Å². The Morgan fingerprint density at radius 1 is 1.07 bits per heavy atom. The first-order valence-electron chi connectivity index (χ1n) is 9.42. The second kappa shape index (κ2) is 10.4. The molecule has 6 heteroatoms. The van der Waals surface area contributed by atoms with E-state index in [0.717, 1.165) is 12.0 Å². The van der Waals surface area contributed by atoms with Crippen LogP contribution >= 0.6 is 0 Å². The molecule has 150 valence electrons. The molecule has 2 aromatic rings. The van der Waals surface area contributed by atoms with Gasteiger partial charge in [0.15, 0.2) is 6.61 Å². The van der Waals surface area contributed by atoms with E-state index in [1.807, 2.05) is 32.0 Å². The maximum absolute atomic E-state index is 13.2. The molecule has 0 radical (unpaired) electrons. The van der Waals surface area contributed by atoms with Gasteiger partial charge in [-0.1, -0.05) is 37.3 Å². The van der Waals surface area contributed by atoms with Crippen molar-refractivity contribution >= 4 is 11.8 Å². The Bertz CT molecular complexity index is 765. The number of benzene rings is 2. The fourth-order valence-corrected chi connectivity index (χ4v) is 2.58. The first-order chi connectivity index (χ1) is 13.4. The number of amides is 2. The average Bonchev–Trinajstić information content (AvgIpc) is 2.71. The second-order valence-corrected chi connectivity index (χ2v) is 6.74. The molecule has 0 aliphatic heterocycles. The van der Waals surface area contributed by atoms with Gasteiger partial charge in [-0.3, -0.25) is 9.59 Å². The summed E-state index contributed by atoms with van der Waals surface area (Å²) in [6.45, 7) is 5.57. The zero-order valence-electron chi connectivity index (χ0n) is 16.5. The standard InChI is InChI=1S/C22H27FN2O3/c1-4-16(2)24-22(27)17(3)25(14-18-10-12-19(23)13-11-18)21(26)15-28-20-8-6-5-7-9-20/h5-13,16-17H,4,14-15H2,1-3H3,(H,24,27). The Hall–Kier alpha value is -2.89. The Morgan fingerprint density at radius 3 is 2.32 bits per heavy atom. The highest BCUT2D eigenvalue weighted by Gasteiger charge is 2.27.